The predicted octanol–water partition coefficient (Wildman–Crippen LogP) is 3.43. The molecule has 0 saturated heterocycles. The summed E-state index contributed by atoms with van der Waals surface area (Å²) in [5.41, 5.74) is 6.03. The zero-order valence-electron chi connectivity index (χ0n) is 12.0. The zero-order valence-corrected chi connectivity index (χ0v) is 12.8. The van der Waals surface area contributed by atoms with Gasteiger partial charge in [-0.25, -0.2) is 9.97 Å². The standard InChI is InChI=1S/C15H22N4S/c1-2-19(11-6-4-3-5-7-11)10-13-17-14(16)12-8-9-20-15(12)18-13/h8-9,11H,2-7,10H2,1H3,(H2,16,17,18). The maximum atomic E-state index is 6.03. The maximum Gasteiger partial charge on any atom is 0.146 e. The summed E-state index contributed by atoms with van der Waals surface area (Å²) in [6, 6.07) is 2.69. The Morgan fingerprint density at radius 2 is 2.10 bits per heavy atom. The Hall–Kier alpha value is -1.20. The molecule has 1 saturated carbocycles. The largest absolute Gasteiger partial charge is 0.383 e. The van der Waals surface area contributed by atoms with Gasteiger partial charge in [-0.1, -0.05) is 26.2 Å². The summed E-state index contributed by atoms with van der Waals surface area (Å²) in [5, 5.41) is 3.01. The first-order valence-electron chi connectivity index (χ1n) is 7.51. The smallest absolute Gasteiger partial charge is 0.146 e. The first-order chi connectivity index (χ1) is 9.78. The fraction of sp³-hybridized carbons (Fsp3) is 0.600. The molecule has 2 aromatic rings. The van der Waals surface area contributed by atoms with E-state index in [9.17, 15) is 0 Å². The van der Waals surface area contributed by atoms with Crippen molar-refractivity contribution in [1.82, 2.24) is 14.9 Å². The first-order valence-corrected chi connectivity index (χ1v) is 8.39. The van der Waals surface area contributed by atoms with E-state index in [1.165, 1.54) is 32.1 Å². The average Bonchev–Trinajstić information content (AvgIpc) is 2.94. The van der Waals surface area contributed by atoms with Crippen LogP contribution in [0.25, 0.3) is 10.2 Å². The van der Waals surface area contributed by atoms with E-state index in [1.807, 2.05) is 11.4 Å². The van der Waals surface area contributed by atoms with Gasteiger partial charge in [0.05, 0.1) is 11.9 Å². The van der Waals surface area contributed by atoms with Crippen LogP contribution in [0, 0.1) is 0 Å². The van der Waals surface area contributed by atoms with Crippen molar-refractivity contribution in [3.8, 4) is 0 Å². The number of anilines is 1. The summed E-state index contributed by atoms with van der Waals surface area (Å²) in [5.74, 6) is 1.48. The van der Waals surface area contributed by atoms with Gasteiger partial charge in [0, 0.05) is 6.04 Å². The number of nitrogens with two attached hydrogens (primary N) is 1. The van der Waals surface area contributed by atoms with Crippen molar-refractivity contribution < 1.29 is 0 Å². The minimum Gasteiger partial charge on any atom is -0.383 e. The highest BCUT2D eigenvalue weighted by Gasteiger charge is 2.21. The van der Waals surface area contributed by atoms with Crippen molar-refractivity contribution >= 4 is 27.4 Å². The third-order valence-electron chi connectivity index (χ3n) is 4.24. The second kappa shape index (κ2) is 6.06. The molecule has 108 valence electrons. The summed E-state index contributed by atoms with van der Waals surface area (Å²) < 4.78 is 0. The molecule has 2 N–H and O–H groups in total. The van der Waals surface area contributed by atoms with Gasteiger partial charge < -0.3 is 5.73 Å². The summed E-state index contributed by atoms with van der Waals surface area (Å²) in [4.78, 5) is 12.7. The van der Waals surface area contributed by atoms with E-state index in [-0.39, 0.29) is 0 Å². The van der Waals surface area contributed by atoms with E-state index in [0.717, 1.165) is 29.1 Å². The molecule has 0 bridgehead atoms. The van der Waals surface area contributed by atoms with Crippen LogP contribution < -0.4 is 5.73 Å². The van der Waals surface area contributed by atoms with Gasteiger partial charge in [0.2, 0.25) is 0 Å². The van der Waals surface area contributed by atoms with Crippen LogP contribution >= 0.6 is 11.3 Å². The van der Waals surface area contributed by atoms with E-state index in [1.54, 1.807) is 11.3 Å². The van der Waals surface area contributed by atoms with Gasteiger partial charge in [-0.2, -0.15) is 0 Å². The molecule has 0 aliphatic heterocycles. The average molecular weight is 290 g/mol. The lowest BCUT2D eigenvalue weighted by atomic mass is 9.94. The molecule has 1 fully saturated rings. The van der Waals surface area contributed by atoms with Crippen molar-refractivity contribution in [2.24, 2.45) is 0 Å². The van der Waals surface area contributed by atoms with Gasteiger partial charge >= 0.3 is 0 Å². The normalized spacial score (nSPS) is 17.1. The minimum absolute atomic E-state index is 0.617. The van der Waals surface area contributed by atoms with Gasteiger partial charge in [-0.15, -0.1) is 11.3 Å². The molecule has 0 unspecified atom stereocenters. The number of nitrogen functional groups attached to an aromatic ring is 1. The van der Waals surface area contributed by atoms with Gasteiger partial charge in [0.15, 0.2) is 0 Å². The molecule has 0 amide bonds. The van der Waals surface area contributed by atoms with Crippen LogP contribution in [0.4, 0.5) is 5.82 Å². The summed E-state index contributed by atoms with van der Waals surface area (Å²) in [7, 11) is 0. The number of aromatic nitrogens is 2. The number of thiophene rings is 1. The number of hydrogen-bond donors (Lipinski definition) is 1. The Morgan fingerprint density at radius 3 is 2.85 bits per heavy atom. The van der Waals surface area contributed by atoms with Crippen molar-refractivity contribution in [3.05, 3.63) is 17.3 Å². The Balaban J connectivity index is 1.79. The van der Waals surface area contributed by atoms with E-state index in [0.29, 0.717) is 11.9 Å². The number of nitrogens with zero attached hydrogens (tertiary/aromatic N) is 3. The van der Waals surface area contributed by atoms with Crippen molar-refractivity contribution in [2.75, 3.05) is 12.3 Å². The van der Waals surface area contributed by atoms with Crippen LogP contribution in [-0.4, -0.2) is 27.5 Å². The van der Waals surface area contributed by atoms with Crippen molar-refractivity contribution in [3.63, 3.8) is 0 Å². The number of hydrogen-bond acceptors (Lipinski definition) is 5. The summed E-state index contributed by atoms with van der Waals surface area (Å²) in [6.07, 6.45) is 6.72. The van der Waals surface area contributed by atoms with E-state index >= 15 is 0 Å². The number of rotatable bonds is 4. The minimum atomic E-state index is 0.617. The van der Waals surface area contributed by atoms with Gasteiger partial charge in [0.1, 0.15) is 16.5 Å². The SMILES string of the molecule is CCN(Cc1nc(N)c2ccsc2n1)C1CCCCC1. The molecule has 1 aliphatic rings. The quantitative estimate of drug-likeness (QED) is 0.937. The lowest BCUT2D eigenvalue weighted by Gasteiger charge is -2.32. The van der Waals surface area contributed by atoms with Crippen LogP contribution in [0.3, 0.4) is 0 Å². The molecule has 0 aromatic carbocycles. The molecule has 3 rings (SSSR count). The van der Waals surface area contributed by atoms with Crippen LogP contribution in [0.15, 0.2) is 11.4 Å². The molecule has 1 aliphatic carbocycles. The van der Waals surface area contributed by atoms with E-state index in [2.05, 4.69) is 21.8 Å². The third-order valence-corrected chi connectivity index (χ3v) is 5.05. The molecule has 0 radical (unpaired) electrons. The third kappa shape index (κ3) is 2.79. The van der Waals surface area contributed by atoms with Crippen LogP contribution in [0.5, 0.6) is 0 Å². The lowest BCUT2D eigenvalue weighted by Crippen LogP contribution is -2.36. The van der Waals surface area contributed by atoms with Crippen LogP contribution in [0.1, 0.15) is 44.9 Å². The highest BCUT2D eigenvalue weighted by molar-refractivity contribution is 7.16. The lowest BCUT2D eigenvalue weighted by molar-refractivity contribution is 0.152. The molecule has 5 heteroatoms. The molecular weight excluding hydrogens is 268 g/mol. The highest BCUT2D eigenvalue weighted by atomic mass is 32.1. The summed E-state index contributed by atoms with van der Waals surface area (Å²) in [6.45, 7) is 4.09. The van der Waals surface area contributed by atoms with E-state index in [4.69, 9.17) is 5.73 Å². The molecule has 0 spiro atoms. The van der Waals surface area contributed by atoms with Gasteiger partial charge in [-0.05, 0) is 30.8 Å². The number of fused-ring (bicyclic) bond motifs is 1. The molecular formula is C15H22N4S. The van der Waals surface area contributed by atoms with Crippen molar-refractivity contribution in [2.45, 2.75) is 51.6 Å². The molecule has 0 atom stereocenters. The van der Waals surface area contributed by atoms with Gasteiger partial charge in [-0.3, -0.25) is 4.90 Å². The van der Waals surface area contributed by atoms with Gasteiger partial charge in [0.25, 0.3) is 0 Å². The Bertz CT molecular complexity index is 574. The zero-order chi connectivity index (χ0) is 13.9. The monoisotopic (exact) mass is 290 g/mol. The summed E-state index contributed by atoms with van der Waals surface area (Å²) >= 11 is 1.64. The maximum absolute atomic E-state index is 6.03. The van der Waals surface area contributed by atoms with E-state index < -0.39 is 0 Å². The topological polar surface area (TPSA) is 55.0 Å². The Labute approximate surface area is 124 Å². The van der Waals surface area contributed by atoms with Crippen LogP contribution in [0.2, 0.25) is 0 Å². The molecule has 20 heavy (non-hydrogen) atoms. The first kappa shape index (κ1) is 13.8. The second-order valence-corrected chi connectivity index (χ2v) is 6.41. The molecule has 2 aromatic heterocycles. The van der Waals surface area contributed by atoms with Crippen molar-refractivity contribution in [1.29, 1.82) is 0 Å². The highest BCUT2D eigenvalue weighted by Crippen LogP contribution is 2.26. The predicted molar refractivity (Wildman–Crippen MR) is 84.8 cm³/mol. The van der Waals surface area contributed by atoms with Crippen LogP contribution in [-0.2, 0) is 6.54 Å². The Kier molecular flexibility index (Phi) is 4.17. The Morgan fingerprint density at radius 1 is 1.30 bits per heavy atom. The molecule has 2 heterocycles. The fourth-order valence-electron chi connectivity index (χ4n) is 3.12. The molecule has 4 nitrogen and oxygen atoms in total. The second-order valence-electron chi connectivity index (χ2n) is 5.52. The fourth-order valence-corrected chi connectivity index (χ4v) is 3.91.